The van der Waals surface area contributed by atoms with E-state index in [-0.39, 0.29) is 18.4 Å². The molecule has 0 saturated heterocycles. The van der Waals surface area contributed by atoms with Crippen molar-refractivity contribution in [3.05, 3.63) is 66.0 Å². The summed E-state index contributed by atoms with van der Waals surface area (Å²) in [7, 11) is 1.52. The summed E-state index contributed by atoms with van der Waals surface area (Å²) in [5.74, 6) is -0.549. The first-order valence-electron chi connectivity index (χ1n) is 8.69. The van der Waals surface area contributed by atoms with E-state index in [0.29, 0.717) is 30.0 Å². The smallest absolute Gasteiger partial charge is 0.247 e. The van der Waals surface area contributed by atoms with Crippen molar-refractivity contribution in [1.82, 2.24) is 4.90 Å². The van der Waals surface area contributed by atoms with Gasteiger partial charge in [0, 0.05) is 18.2 Å². The number of amides is 2. The number of carbonyl (C=O) groups excluding carboxylic acids is 2. The van der Waals surface area contributed by atoms with Crippen LogP contribution in [0.3, 0.4) is 0 Å². The molecule has 1 N–H and O–H groups in total. The maximum atomic E-state index is 13.7. The average molecular weight is 370 g/mol. The zero-order chi connectivity index (χ0) is 19.6. The lowest BCUT2D eigenvalue weighted by Crippen LogP contribution is -2.37. The van der Waals surface area contributed by atoms with Gasteiger partial charge < -0.3 is 15.0 Å². The average Bonchev–Trinajstić information content (AvgIpc) is 2.67. The van der Waals surface area contributed by atoms with Crippen LogP contribution in [0.1, 0.15) is 18.9 Å². The van der Waals surface area contributed by atoms with Crippen molar-refractivity contribution in [2.24, 2.45) is 0 Å². The highest BCUT2D eigenvalue weighted by atomic mass is 19.1. The van der Waals surface area contributed by atoms with E-state index in [0.717, 1.165) is 0 Å². The lowest BCUT2D eigenvalue weighted by Gasteiger charge is -2.20. The van der Waals surface area contributed by atoms with E-state index in [4.69, 9.17) is 4.74 Å². The Kier molecular flexibility index (Phi) is 7.55. The second-order valence-electron chi connectivity index (χ2n) is 5.86. The molecule has 0 radical (unpaired) electrons. The summed E-state index contributed by atoms with van der Waals surface area (Å²) in [5, 5.41) is 2.75. The minimum atomic E-state index is -0.405. The molecule has 27 heavy (non-hydrogen) atoms. The first-order valence-corrected chi connectivity index (χ1v) is 8.69. The van der Waals surface area contributed by atoms with Gasteiger partial charge in [-0.25, -0.2) is 4.39 Å². The highest BCUT2D eigenvalue weighted by Crippen LogP contribution is 2.22. The predicted molar refractivity (Wildman–Crippen MR) is 104 cm³/mol. The zero-order valence-electron chi connectivity index (χ0n) is 15.4. The highest BCUT2D eigenvalue weighted by Gasteiger charge is 2.15. The molecule has 0 saturated carbocycles. The molecule has 0 spiro atoms. The number of methoxy groups -OCH3 is 1. The van der Waals surface area contributed by atoms with E-state index >= 15 is 0 Å². The van der Waals surface area contributed by atoms with E-state index in [2.05, 4.69) is 5.32 Å². The third kappa shape index (κ3) is 5.95. The molecule has 0 aliphatic rings. The van der Waals surface area contributed by atoms with Gasteiger partial charge in [0.05, 0.1) is 12.8 Å². The summed E-state index contributed by atoms with van der Waals surface area (Å²) in [6.07, 6.45) is 3.39. The van der Waals surface area contributed by atoms with E-state index < -0.39 is 5.82 Å². The molecule has 0 atom stereocenters. The van der Waals surface area contributed by atoms with Gasteiger partial charge in [0.1, 0.15) is 18.1 Å². The van der Waals surface area contributed by atoms with Crippen molar-refractivity contribution in [2.75, 3.05) is 25.5 Å². The first kappa shape index (κ1) is 20.2. The fourth-order valence-electron chi connectivity index (χ4n) is 2.52. The van der Waals surface area contributed by atoms with E-state index in [1.807, 2.05) is 6.92 Å². The Morgan fingerprint density at radius 1 is 1.15 bits per heavy atom. The van der Waals surface area contributed by atoms with Gasteiger partial charge >= 0.3 is 0 Å². The molecule has 0 aromatic heterocycles. The molecule has 0 unspecified atom stereocenters. The SMILES string of the molecule is CCCN(CC(=O)Nc1ccccc1OC)C(=O)/C=C/c1ccccc1F. The summed E-state index contributed by atoms with van der Waals surface area (Å²) in [4.78, 5) is 26.2. The molecule has 0 aliphatic heterocycles. The molecular weight excluding hydrogens is 347 g/mol. The molecule has 142 valence electrons. The molecular formula is C21H23FN2O3. The topological polar surface area (TPSA) is 58.6 Å². The molecule has 0 bridgehead atoms. The van der Waals surface area contributed by atoms with Crippen molar-refractivity contribution in [1.29, 1.82) is 0 Å². The summed E-state index contributed by atoms with van der Waals surface area (Å²) in [6, 6.07) is 13.2. The summed E-state index contributed by atoms with van der Waals surface area (Å²) in [5.41, 5.74) is 0.858. The lowest BCUT2D eigenvalue weighted by molar-refractivity contribution is -0.130. The van der Waals surface area contributed by atoms with Crippen molar-refractivity contribution >= 4 is 23.6 Å². The third-order valence-corrected chi connectivity index (χ3v) is 3.83. The number of hydrogen-bond acceptors (Lipinski definition) is 3. The maximum Gasteiger partial charge on any atom is 0.247 e. The van der Waals surface area contributed by atoms with Crippen molar-refractivity contribution in [3.63, 3.8) is 0 Å². The Hall–Kier alpha value is -3.15. The third-order valence-electron chi connectivity index (χ3n) is 3.83. The Morgan fingerprint density at radius 3 is 2.56 bits per heavy atom. The number of anilines is 1. The van der Waals surface area contributed by atoms with Gasteiger partial charge in [-0.2, -0.15) is 0 Å². The second-order valence-corrected chi connectivity index (χ2v) is 5.86. The molecule has 5 nitrogen and oxygen atoms in total. The number of rotatable bonds is 8. The van der Waals surface area contributed by atoms with Gasteiger partial charge in [0.15, 0.2) is 0 Å². The minimum Gasteiger partial charge on any atom is -0.495 e. The van der Waals surface area contributed by atoms with Crippen LogP contribution in [0.15, 0.2) is 54.6 Å². The van der Waals surface area contributed by atoms with Crippen LogP contribution in [0, 0.1) is 5.82 Å². The van der Waals surface area contributed by atoms with Crippen LogP contribution in [-0.4, -0.2) is 36.9 Å². The first-order chi connectivity index (χ1) is 13.0. The number of benzene rings is 2. The number of carbonyl (C=O) groups is 2. The summed E-state index contributed by atoms with van der Waals surface area (Å²) < 4.78 is 18.9. The monoisotopic (exact) mass is 370 g/mol. The number of nitrogens with one attached hydrogen (secondary N) is 1. The van der Waals surface area contributed by atoms with Crippen LogP contribution in [0.2, 0.25) is 0 Å². The Labute approximate surface area is 158 Å². The van der Waals surface area contributed by atoms with Crippen molar-refractivity contribution < 1.29 is 18.7 Å². The number of para-hydroxylation sites is 2. The second kappa shape index (κ2) is 10.1. The standard InChI is InChI=1S/C21H23FN2O3/c1-3-14-24(21(26)13-12-16-8-4-5-9-17(16)22)15-20(25)23-18-10-6-7-11-19(18)27-2/h4-13H,3,14-15H2,1-2H3,(H,23,25)/b13-12+. The van der Waals surface area contributed by atoms with Gasteiger partial charge in [-0.3, -0.25) is 9.59 Å². The van der Waals surface area contributed by atoms with E-state index in [1.54, 1.807) is 42.5 Å². The molecule has 0 fully saturated rings. The van der Waals surface area contributed by atoms with E-state index in [1.165, 1.54) is 30.2 Å². The van der Waals surface area contributed by atoms with Crippen LogP contribution >= 0.6 is 0 Å². The minimum absolute atomic E-state index is 0.105. The largest absolute Gasteiger partial charge is 0.495 e. The van der Waals surface area contributed by atoms with Gasteiger partial charge in [-0.1, -0.05) is 37.3 Å². The fourth-order valence-corrected chi connectivity index (χ4v) is 2.52. The van der Waals surface area contributed by atoms with E-state index in [9.17, 15) is 14.0 Å². The maximum absolute atomic E-state index is 13.7. The molecule has 0 heterocycles. The predicted octanol–water partition coefficient (Wildman–Crippen LogP) is 3.72. The van der Waals surface area contributed by atoms with Gasteiger partial charge in [-0.15, -0.1) is 0 Å². The quantitative estimate of drug-likeness (QED) is 0.721. The Balaban J connectivity index is 2.04. The molecule has 2 amide bonds. The number of hydrogen-bond donors (Lipinski definition) is 1. The van der Waals surface area contributed by atoms with Gasteiger partial charge in [0.2, 0.25) is 11.8 Å². The summed E-state index contributed by atoms with van der Waals surface area (Å²) in [6.45, 7) is 2.23. The number of nitrogens with zero attached hydrogens (tertiary/aromatic N) is 1. The zero-order valence-corrected chi connectivity index (χ0v) is 15.4. The van der Waals surface area contributed by atoms with Crippen LogP contribution in [-0.2, 0) is 9.59 Å². The van der Waals surface area contributed by atoms with Crippen LogP contribution in [0.4, 0.5) is 10.1 Å². The van der Waals surface area contributed by atoms with Crippen LogP contribution in [0.5, 0.6) is 5.75 Å². The lowest BCUT2D eigenvalue weighted by atomic mass is 10.2. The molecule has 0 aliphatic carbocycles. The van der Waals surface area contributed by atoms with Crippen LogP contribution in [0.25, 0.3) is 6.08 Å². The molecule has 2 rings (SSSR count). The van der Waals surface area contributed by atoms with Gasteiger partial charge in [-0.05, 0) is 30.7 Å². The highest BCUT2D eigenvalue weighted by molar-refractivity contribution is 5.98. The Bertz CT molecular complexity index is 821. The molecule has 2 aromatic carbocycles. The van der Waals surface area contributed by atoms with Gasteiger partial charge in [0.25, 0.3) is 0 Å². The number of halogens is 1. The van der Waals surface area contributed by atoms with Crippen molar-refractivity contribution in [2.45, 2.75) is 13.3 Å². The summed E-state index contributed by atoms with van der Waals surface area (Å²) >= 11 is 0. The fraction of sp³-hybridized carbons (Fsp3) is 0.238. The Morgan fingerprint density at radius 2 is 1.85 bits per heavy atom. The number of ether oxygens (including phenoxy) is 1. The van der Waals surface area contributed by atoms with Crippen molar-refractivity contribution in [3.8, 4) is 5.75 Å². The molecule has 2 aromatic rings. The molecule has 6 heteroatoms. The van der Waals surface area contributed by atoms with Crippen LogP contribution < -0.4 is 10.1 Å². The normalized spacial score (nSPS) is 10.6.